The molecule has 0 aliphatic rings. The van der Waals surface area contributed by atoms with Crippen molar-refractivity contribution in [1.82, 2.24) is 4.98 Å². The Morgan fingerprint density at radius 2 is 1.96 bits per heavy atom. The van der Waals surface area contributed by atoms with Crippen LogP contribution in [0.5, 0.6) is 0 Å². The molecule has 0 aliphatic carbocycles. The highest BCUT2D eigenvalue weighted by molar-refractivity contribution is 6.34. The van der Waals surface area contributed by atoms with E-state index in [2.05, 4.69) is 10.3 Å². The lowest BCUT2D eigenvalue weighted by Gasteiger charge is -2.14. The number of carbonyl (C=O) groups is 1. The summed E-state index contributed by atoms with van der Waals surface area (Å²) in [5.74, 6) is -0.329. The van der Waals surface area contributed by atoms with Gasteiger partial charge in [-0.2, -0.15) is 0 Å². The largest absolute Gasteiger partial charge is 0.329 e. The predicted molar refractivity (Wildman–Crippen MR) is 96.3 cm³/mol. The summed E-state index contributed by atoms with van der Waals surface area (Å²) in [4.78, 5) is 26.6. The SMILES string of the molecule is N[C@H](Cc1ccccc1)C(=O)Nc1cc2cc[nH]c(=O)c2cc1Cl. The number of nitrogens with two attached hydrogens (primary N) is 1. The van der Waals surface area contributed by atoms with Gasteiger partial charge in [0.1, 0.15) is 0 Å². The Labute approximate surface area is 143 Å². The van der Waals surface area contributed by atoms with Gasteiger partial charge in [-0.1, -0.05) is 41.9 Å². The van der Waals surface area contributed by atoms with Crippen LogP contribution in [-0.4, -0.2) is 16.9 Å². The second kappa shape index (κ2) is 6.86. The average Bonchev–Trinajstić information content (AvgIpc) is 2.57. The summed E-state index contributed by atoms with van der Waals surface area (Å²) in [5, 5.41) is 4.18. The highest BCUT2D eigenvalue weighted by atomic mass is 35.5. The first-order valence-corrected chi connectivity index (χ1v) is 7.84. The summed E-state index contributed by atoms with van der Waals surface area (Å²) in [6.07, 6.45) is 1.98. The lowest BCUT2D eigenvalue weighted by molar-refractivity contribution is -0.117. The van der Waals surface area contributed by atoms with Crippen LogP contribution in [-0.2, 0) is 11.2 Å². The molecule has 0 fully saturated rings. The number of hydrogen-bond acceptors (Lipinski definition) is 3. The lowest BCUT2D eigenvalue weighted by atomic mass is 10.1. The normalized spacial score (nSPS) is 12.1. The zero-order valence-electron chi connectivity index (χ0n) is 12.8. The fraction of sp³-hybridized carbons (Fsp3) is 0.111. The molecular formula is C18H16ClN3O2. The van der Waals surface area contributed by atoms with Crippen LogP contribution in [0, 0.1) is 0 Å². The molecule has 3 aromatic rings. The van der Waals surface area contributed by atoms with Gasteiger partial charge in [0.25, 0.3) is 5.56 Å². The average molecular weight is 342 g/mol. The van der Waals surface area contributed by atoms with Crippen LogP contribution in [0.3, 0.4) is 0 Å². The number of H-pyrrole nitrogens is 1. The molecule has 0 spiro atoms. The number of hydrogen-bond donors (Lipinski definition) is 3. The van der Waals surface area contributed by atoms with E-state index in [0.29, 0.717) is 27.9 Å². The topological polar surface area (TPSA) is 88.0 Å². The molecule has 4 N–H and O–H groups in total. The zero-order valence-corrected chi connectivity index (χ0v) is 13.5. The maximum absolute atomic E-state index is 12.3. The summed E-state index contributed by atoms with van der Waals surface area (Å²) in [6, 6.07) is 13.8. The molecule has 0 saturated carbocycles. The number of nitrogens with one attached hydrogen (secondary N) is 2. The van der Waals surface area contributed by atoms with Crippen molar-refractivity contribution in [2.45, 2.75) is 12.5 Å². The number of carbonyl (C=O) groups excluding carboxylic acids is 1. The standard InChI is InChI=1S/C18H16ClN3O2/c19-14-10-13-12(6-7-21-17(13)23)9-16(14)22-18(24)15(20)8-11-4-2-1-3-5-11/h1-7,9-10,15H,8,20H2,(H,21,23)(H,22,24)/t15-/m1/s1. The molecule has 2 aromatic carbocycles. The molecule has 3 rings (SSSR count). The fourth-order valence-corrected chi connectivity index (χ4v) is 2.70. The molecule has 6 heteroatoms. The summed E-state index contributed by atoms with van der Waals surface area (Å²) >= 11 is 6.18. The second-order valence-corrected chi connectivity index (χ2v) is 5.92. The monoisotopic (exact) mass is 341 g/mol. The Hall–Kier alpha value is -2.63. The third kappa shape index (κ3) is 3.48. The molecule has 1 heterocycles. The van der Waals surface area contributed by atoms with Gasteiger partial charge in [-0.05, 0) is 35.6 Å². The van der Waals surface area contributed by atoms with Crippen LogP contribution in [0.25, 0.3) is 10.8 Å². The first-order chi connectivity index (χ1) is 11.5. The van der Waals surface area contributed by atoms with E-state index in [-0.39, 0.29) is 11.5 Å². The quantitative estimate of drug-likeness (QED) is 0.681. The maximum atomic E-state index is 12.3. The molecule has 24 heavy (non-hydrogen) atoms. The highest BCUT2D eigenvalue weighted by Gasteiger charge is 2.16. The molecule has 0 unspecified atom stereocenters. The van der Waals surface area contributed by atoms with E-state index in [1.807, 2.05) is 30.3 Å². The van der Waals surface area contributed by atoms with Crippen molar-refractivity contribution in [2.75, 3.05) is 5.32 Å². The molecule has 5 nitrogen and oxygen atoms in total. The molecule has 1 atom stereocenters. The first-order valence-electron chi connectivity index (χ1n) is 7.46. The van der Waals surface area contributed by atoms with Gasteiger partial charge in [0.15, 0.2) is 0 Å². The minimum Gasteiger partial charge on any atom is -0.329 e. The van der Waals surface area contributed by atoms with E-state index >= 15 is 0 Å². The Morgan fingerprint density at radius 1 is 1.21 bits per heavy atom. The van der Waals surface area contributed by atoms with Crippen molar-refractivity contribution in [3.63, 3.8) is 0 Å². The van der Waals surface area contributed by atoms with E-state index < -0.39 is 6.04 Å². The highest BCUT2D eigenvalue weighted by Crippen LogP contribution is 2.26. The zero-order chi connectivity index (χ0) is 17.1. The number of fused-ring (bicyclic) bond motifs is 1. The van der Waals surface area contributed by atoms with Crippen molar-refractivity contribution in [1.29, 1.82) is 0 Å². The third-order valence-electron chi connectivity index (χ3n) is 3.75. The Kier molecular flexibility index (Phi) is 4.64. The van der Waals surface area contributed by atoms with Gasteiger partial charge in [0.2, 0.25) is 5.91 Å². The van der Waals surface area contributed by atoms with Gasteiger partial charge in [-0.15, -0.1) is 0 Å². The van der Waals surface area contributed by atoms with Gasteiger partial charge in [-0.3, -0.25) is 9.59 Å². The molecule has 0 saturated heterocycles. The summed E-state index contributed by atoms with van der Waals surface area (Å²) in [7, 11) is 0. The number of pyridine rings is 1. The van der Waals surface area contributed by atoms with Crippen molar-refractivity contribution >= 4 is 34.0 Å². The molecule has 122 valence electrons. The van der Waals surface area contributed by atoms with Crippen LogP contribution >= 0.6 is 11.6 Å². The lowest BCUT2D eigenvalue weighted by Crippen LogP contribution is -2.37. The van der Waals surface area contributed by atoms with Gasteiger partial charge in [0.05, 0.1) is 16.8 Å². The number of aromatic amines is 1. The molecule has 0 radical (unpaired) electrons. The number of amides is 1. The molecular weight excluding hydrogens is 326 g/mol. The van der Waals surface area contributed by atoms with E-state index in [1.54, 1.807) is 18.3 Å². The summed E-state index contributed by atoms with van der Waals surface area (Å²) in [5.41, 5.74) is 7.16. The van der Waals surface area contributed by atoms with Gasteiger partial charge in [0, 0.05) is 11.6 Å². The van der Waals surface area contributed by atoms with Crippen molar-refractivity contribution < 1.29 is 4.79 Å². The minimum absolute atomic E-state index is 0.229. The van der Waals surface area contributed by atoms with Crippen LogP contribution < -0.4 is 16.6 Å². The predicted octanol–water partition coefficient (Wildman–Crippen LogP) is 2.69. The summed E-state index contributed by atoms with van der Waals surface area (Å²) in [6.45, 7) is 0. The van der Waals surface area contributed by atoms with Crippen molar-refractivity contribution in [3.05, 3.63) is 75.7 Å². The van der Waals surface area contributed by atoms with Crippen molar-refractivity contribution in [3.8, 4) is 0 Å². The number of aromatic nitrogens is 1. The van der Waals surface area contributed by atoms with Gasteiger partial charge in [-0.25, -0.2) is 0 Å². The fourth-order valence-electron chi connectivity index (χ4n) is 2.49. The molecule has 0 aliphatic heterocycles. The number of halogens is 1. The van der Waals surface area contributed by atoms with Crippen LogP contribution in [0.4, 0.5) is 5.69 Å². The minimum atomic E-state index is -0.696. The van der Waals surface area contributed by atoms with Crippen LogP contribution in [0.1, 0.15) is 5.56 Å². The summed E-state index contributed by atoms with van der Waals surface area (Å²) < 4.78 is 0. The molecule has 1 amide bonds. The Balaban J connectivity index is 1.80. The van der Waals surface area contributed by atoms with Crippen molar-refractivity contribution in [2.24, 2.45) is 5.73 Å². The Bertz CT molecular complexity index is 938. The number of rotatable bonds is 4. The van der Waals surface area contributed by atoms with E-state index in [9.17, 15) is 9.59 Å². The molecule has 0 bridgehead atoms. The van der Waals surface area contributed by atoms with Gasteiger partial charge >= 0.3 is 0 Å². The first kappa shape index (κ1) is 16.2. The van der Waals surface area contributed by atoms with Crippen LogP contribution in [0.2, 0.25) is 5.02 Å². The maximum Gasteiger partial charge on any atom is 0.255 e. The third-order valence-corrected chi connectivity index (χ3v) is 4.07. The van der Waals surface area contributed by atoms with E-state index in [0.717, 1.165) is 5.56 Å². The smallest absolute Gasteiger partial charge is 0.255 e. The molecule has 1 aromatic heterocycles. The van der Waals surface area contributed by atoms with Gasteiger partial charge < -0.3 is 16.0 Å². The number of anilines is 1. The Morgan fingerprint density at radius 3 is 2.71 bits per heavy atom. The van der Waals surface area contributed by atoms with E-state index in [1.165, 1.54) is 6.07 Å². The second-order valence-electron chi connectivity index (χ2n) is 5.51. The van der Waals surface area contributed by atoms with E-state index in [4.69, 9.17) is 17.3 Å². The number of benzene rings is 2. The van der Waals surface area contributed by atoms with Crippen LogP contribution in [0.15, 0.2) is 59.5 Å².